The minimum Gasteiger partial charge on any atom is -0.352 e. The van der Waals surface area contributed by atoms with Gasteiger partial charge in [0, 0.05) is 9.26 Å². The van der Waals surface area contributed by atoms with Gasteiger partial charge in [-0.3, -0.25) is 4.79 Å². The van der Waals surface area contributed by atoms with E-state index in [-0.39, 0.29) is 17.9 Å². The molecule has 0 aliphatic carbocycles. The Morgan fingerprint density at radius 3 is 2.76 bits per heavy atom. The topological polar surface area (TPSA) is 41.6 Å². The molecular formula is C17H12BrF2IN2O2. The Morgan fingerprint density at radius 2 is 2.12 bits per heavy atom. The van der Waals surface area contributed by atoms with Crippen molar-refractivity contribution in [3.05, 3.63) is 56.7 Å². The van der Waals surface area contributed by atoms with Crippen molar-refractivity contribution in [3.8, 4) is 12.3 Å². The van der Waals surface area contributed by atoms with Gasteiger partial charge in [-0.15, -0.1) is 10.5 Å². The zero-order valence-corrected chi connectivity index (χ0v) is 16.7. The van der Waals surface area contributed by atoms with Crippen molar-refractivity contribution in [1.29, 1.82) is 0 Å². The summed E-state index contributed by atoms with van der Waals surface area (Å²) >= 11 is 5.03. The first kappa shape index (κ1) is 19.6. The minimum atomic E-state index is -1.17. The molecule has 0 fully saturated rings. The van der Waals surface area contributed by atoms with Gasteiger partial charge in [-0.05, 0) is 65.4 Å². The van der Waals surface area contributed by atoms with E-state index in [1.165, 1.54) is 6.07 Å². The molecule has 0 aliphatic rings. The van der Waals surface area contributed by atoms with Crippen molar-refractivity contribution in [2.24, 2.45) is 0 Å². The molecule has 8 heteroatoms. The molecule has 2 aromatic carbocycles. The highest BCUT2D eigenvalue weighted by Gasteiger charge is 2.23. The Hall–Kier alpha value is -1.70. The number of nitrogens with zero attached hydrogens (tertiary/aromatic N) is 1. The average Bonchev–Trinajstić information content (AvgIpc) is 2.58. The van der Waals surface area contributed by atoms with E-state index < -0.39 is 17.5 Å². The van der Waals surface area contributed by atoms with Crippen molar-refractivity contribution in [2.75, 3.05) is 11.9 Å². The molecule has 1 N–H and O–H groups in total. The van der Waals surface area contributed by atoms with Crippen LogP contribution >= 0.6 is 38.7 Å². The molecule has 0 bridgehead atoms. The van der Waals surface area contributed by atoms with Gasteiger partial charge in [0.2, 0.25) is 0 Å². The number of terminal acetylenes is 1. The number of halogens is 4. The molecule has 0 atom stereocenters. The van der Waals surface area contributed by atoms with Crippen LogP contribution in [0.1, 0.15) is 15.9 Å². The standard InChI is InChI=1S/C17H12BrF2IN2O2/c1-3-8-25-23(18)17(24)12-5-6-13(19)15(20)16(12)22-14-7-4-11(21)9-10(14)2/h1,4-7,9,22H,8H2,2H3. The number of hydrogen-bond acceptors (Lipinski definition) is 3. The van der Waals surface area contributed by atoms with Gasteiger partial charge in [-0.1, -0.05) is 5.92 Å². The van der Waals surface area contributed by atoms with E-state index in [2.05, 4.69) is 50.0 Å². The second-order valence-corrected chi connectivity index (χ2v) is 6.79. The third kappa shape index (κ3) is 4.68. The molecule has 0 radical (unpaired) electrons. The molecular weight excluding hydrogens is 509 g/mol. The number of benzene rings is 2. The lowest BCUT2D eigenvalue weighted by Crippen LogP contribution is -2.23. The Labute approximate surface area is 166 Å². The van der Waals surface area contributed by atoms with E-state index in [1.807, 2.05) is 13.0 Å². The lowest BCUT2D eigenvalue weighted by molar-refractivity contribution is -0.0297. The van der Waals surface area contributed by atoms with E-state index in [0.29, 0.717) is 9.78 Å². The first-order valence-corrected chi connectivity index (χ1v) is 8.71. The van der Waals surface area contributed by atoms with Gasteiger partial charge >= 0.3 is 0 Å². The van der Waals surface area contributed by atoms with Crippen LogP contribution in [0.2, 0.25) is 0 Å². The summed E-state index contributed by atoms with van der Waals surface area (Å²) in [6, 6.07) is 7.43. The van der Waals surface area contributed by atoms with Crippen LogP contribution in [-0.4, -0.2) is 16.6 Å². The number of hydrogen-bond donors (Lipinski definition) is 1. The largest absolute Gasteiger partial charge is 0.352 e. The molecule has 2 aromatic rings. The predicted octanol–water partition coefficient (Wildman–Crippen LogP) is 4.94. The second kappa shape index (κ2) is 8.60. The van der Waals surface area contributed by atoms with Crippen molar-refractivity contribution >= 4 is 56.0 Å². The summed E-state index contributed by atoms with van der Waals surface area (Å²) in [5, 5.41) is 2.79. The van der Waals surface area contributed by atoms with Crippen LogP contribution in [-0.2, 0) is 4.84 Å². The smallest absolute Gasteiger partial charge is 0.290 e. The summed E-state index contributed by atoms with van der Waals surface area (Å²) in [5.41, 5.74) is 0.951. The molecule has 0 saturated carbocycles. The molecule has 4 nitrogen and oxygen atoms in total. The number of aryl methyl sites for hydroxylation is 1. The van der Waals surface area contributed by atoms with E-state index >= 15 is 0 Å². The van der Waals surface area contributed by atoms with Crippen LogP contribution in [0.3, 0.4) is 0 Å². The summed E-state index contributed by atoms with van der Waals surface area (Å²) in [6.07, 6.45) is 5.06. The van der Waals surface area contributed by atoms with Crippen LogP contribution < -0.4 is 5.32 Å². The Bertz CT molecular complexity index is 855. The molecule has 0 saturated heterocycles. The van der Waals surface area contributed by atoms with Crippen LogP contribution in [0.15, 0.2) is 30.3 Å². The first-order chi connectivity index (χ1) is 11.8. The van der Waals surface area contributed by atoms with Crippen molar-refractivity contribution in [1.82, 2.24) is 4.09 Å². The fourth-order valence-corrected chi connectivity index (χ4v) is 2.94. The molecule has 0 spiro atoms. The second-order valence-electron chi connectivity index (χ2n) is 4.90. The molecule has 0 unspecified atom stereocenters. The third-order valence-corrected chi connectivity index (χ3v) is 4.39. The quantitative estimate of drug-likeness (QED) is 0.263. The van der Waals surface area contributed by atoms with Crippen LogP contribution in [0.5, 0.6) is 0 Å². The first-order valence-electron chi connectivity index (χ1n) is 6.93. The van der Waals surface area contributed by atoms with Gasteiger partial charge < -0.3 is 5.32 Å². The molecule has 0 aliphatic heterocycles. The van der Waals surface area contributed by atoms with Crippen molar-refractivity contribution in [3.63, 3.8) is 0 Å². The number of anilines is 2. The third-order valence-electron chi connectivity index (χ3n) is 3.19. The molecule has 0 heterocycles. The fourth-order valence-electron chi connectivity index (χ4n) is 2.00. The fraction of sp³-hybridized carbons (Fsp3) is 0.118. The number of carbonyl (C=O) groups is 1. The molecule has 25 heavy (non-hydrogen) atoms. The molecule has 0 aromatic heterocycles. The van der Waals surface area contributed by atoms with Crippen LogP contribution in [0, 0.1) is 34.5 Å². The van der Waals surface area contributed by atoms with E-state index in [0.717, 1.165) is 15.2 Å². The number of rotatable bonds is 5. The number of hydroxylamine groups is 1. The van der Waals surface area contributed by atoms with E-state index in [1.54, 1.807) is 12.1 Å². The van der Waals surface area contributed by atoms with Gasteiger partial charge in [0.25, 0.3) is 5.91 Å². The average molecular weight is 521 g/mol. The molecule has 130 valence electrons. The summed E-state index contributed by atoms with van der Waals surface area (Å²) in [7, 11) is 0. The van der Waals surface area contributed by atoms with Crippen molar-refractivity contribution in [2.45, 2.75) is 6.92 Å². The lowest BCUT2D eigenvalue weighted by atomic mass is 10.1. The van der Waals surface area contributed by atoms with Gasteiger partial charge in [0.1, 0.15) is 6.61 Å². The highest BCUT2D eigenvalue weighted by Crippen LogP contribution is 2.30. The number of amides is 1. The van der Waals surface area contributed by atoms with Crippen molar-refractivity contribution < 1.29 is 18.4 Å². The zero-order valence-electron chi connectivity index (χ0n) is 12.9. The summed E-state index contributed by atoms with van der Waals surface area (Å²) in [6.45, 7) is 1.65. The monoisotopic (exact) mass is 520 g/mol. The van der Waals surface area contributed by atoms with E-state index in [4.69, 9.17) is 11.3 Å². The minimum absolute atomic E-state index is 0.120. The zero-order chi connectivity index (χ0) is 18.6. The summed E-state index contributed by atoms with van der Waals surface area (Å²) in [5.74, 6) is -0.781. The molecule has 1 amide bonds. The maximum atomic E-state index is 14.3. The van der Waals surface area contributed by atoms with Crippen LogP contribution in [0.4, 0.5) is 20.2 Å². The maximum Gasteiger partial charge on any atom is 0.290 e. The SMILES string of the molecule is C#CCON(Br)C(=O)c1ccc(F)c(F)c1Nc1ccc(I)cc1C. The van der Waals surface area contributed by atoms with Gasteiger partial charge in [-0.25, -0.2) is 13.6 Å². The van der Waals surface area contributed by atoms with E-state index in [9.17, 15) is 13.6 Å². The number of nitrogens with one attached hydrogen (secondary N) is 1. The van der Waals surface area contributed by atoms with Gasteiger partial charge in [-0.2, -0.15) is 0 Å². The predicted molar refractivity (Wildman–Crippen MR) is 103 cm³/mol. The Morgan fingerprint density at radius 1 is 1.40 bits per heavy atom. The Balaban J connectivity index is 2.44. The highest BCUT2D eigenvalue weighted by molar-refractivity contribution is 14.1. The van der Waals surface area contributed by atoms with Gasteiger partial charge in [0.15, 0.2) is 11.6 Å². The normalized spacial score (nSPS) is 10.2. The molecule has 2 rings (SSSR count). The maximum absolute atomic E-state index is 14.3. The summed E-state index contributed by atoms with van der Waals surface area (Å²) < 4.78 is 29.7. The summed E-state index contributed by atoms with van der Waals surface area (Å²) in [4.78, 5) is 17.4. The van der Waals surface area contributed by atoms with Gasteiger partial charge in [0.05, 0.1) is 27.4 Å². The number of carbonyl (C=O) groups excluding carboxylic acids is 1. The van der Waals surface area contributed by atoms with Crippen LogP contribution in [0.25, 0.3) is 0 Å². The highest BCUT2D eigenvalue weighted by atomic mass is 127. The Kier molecular flexibility index (Phi) is 6.75. The lowest BCUT2D eigenvalue weighted by Gasteiger charge is -2.18.